The van der Waals surface area contributed by atoms with E-state index in [9.17, 15) is 9.18 Å². The summed E-state index contributed by atoms with van der Waals surface area (Å²) in [5.74, 6) is -0.504. The summed E-state index contributed by atoms with van der Waals surface area (Å²) in [6.07, 6.45) is 3.33. The number of aromatic amines is 1. The van der Waals surface area contributed by atoms with Crippen LogP contribution in [-0.2, 0) is 6.54 Å². The van der Waals surface area contributed by atoms with E-state index in [1.807, 2.05) is 6.92 Å². The van der Waals surface area contributed by atoms with Gasteiger partial charge in [-0.1, -0.05) is 0 Å². The van der Waals surface area contributed by atoms with Gasteiger partial charge in [-0.3, -0.25) is 9.48 Å². The summed E-state index contributed by atoms with van der Waals surface area (Å²) in [6.45, 7) is 4.13. The average Bonchev–Trinajstić information content (AvgIpc) is 2.73. The second-order valence-corrected chi connectivity index (χ2v) is 3.40. The number of aromatic nitrogens is 4. The fourth-order valence-corrected chi connectivity index (χ4v) is 1.37. The molecule has 0 saturated heterocycles. The van der Waals surface area contributed by atoms with Crippen molar-refractivity contribution in [3.8, 4) is 11.4 Å². The van der Waals surface area contributed by atoms with E-state index in [0.717, 1.165) is 6.54 Å². The lowest BCUT2D eigenvalue weighted by atomic mass is 10.3. The normalized spacial score (nSPS) is 10.7. The highest BCUT2D eigenvalue weighted by molar-refractivity contribution is 5.51. The SMILES string of the molecule is CCn1cc(-c2nc(C)c(F)c(=O)[nH]2)cn1. The molecule has 0 atom stereocenters. The number of H-pyrrole nitrogens is 1. The number of halogens is 1. The first-order valence-corrected chi connectivity index (χ1v) is 4.91. The molecule has 0 unspecified atom stereocenters. The lowest BCUT2D eigenvalue weighted by molar-refractivity contribution is 0.589. The van der Waals surface area contributed by atoms with Gasteiger partial charge in [-0.05, 0) is 13.8 Å². The monoisotopic (exact) mass is 222 g/mol. The van der Waals surface area contributed by atoms with E-state index in [1.165, 1.54) is 6.92 Å². The minimum absolute atomic E-state index is 0.0861. The van der Waals surface area contributed by atoms with E-state index in [-0.39, 0.29) is 5.69 Å². The molecule has 0 fully saturated rings. The molecule has 2 aromatic rings. The number of hydrogen-bond acceptors (Lipinski definition) is 3. The molecule has 2 rings (SSSR count). The Balaban J connectivity index is 2.52. The lowest BCUT2D eigenvalue weighted by Gasteiger charge is -1.99. The predicted octanol–water partition coefficient (Wildman–Crippen LogP) is 1.10. The van der Waals surface area contributed by atoms with Crippen molar-refractivity contribution in [2.75, 3.05) is 0 Å². The number of rotatable bonds is 2. The Morgan fingerprint density at radius 3 is 2.88 bits per heavy atom. The van der Waals surface area contributed by atoms with Gasteiger partial charge in [0.1, 0.15) is 5.82 Å². The zero-order valence-electron chi connectivity index (χ0n) is 8.99. The minimum Gasteiger partial charge on any atom is -0.304 e. The molecule has 0 aliphatic carbocycles. The Bertz CT molecular complexity index is 572. The molecule has 0 aliphatic rings. The van der Waals surface area contributed by atoms with Crippen LogP contribution in [0.25, 0.3) is 11.4 Å². The maximum atomic E-state index is 13.1. The van der Waals surface area contributed by atoms with Gasteiger partial charge in [0.15, 0.2) is 0 Å². The van der Waals surface area contributed by atoms with Crippen LogP contribution in [0.4, 0.5) is 4.39 Å². The van der Waals surface area contributed by atoms with Crippen molar-refractivity contribution in [2.24, 2.45) is 0 Å². The standard InChI is InChI=1S/C10H11FN4O/c1-3-15-5-7(4-12-15)9-13-6(2)8(11)10(16)14-9/h4-5H,3H2,1-2H3,(H,13,14,16). The van der Waals surface area contributed by atoms with Crippen LogP contribution in [0.2, 0.25) is 0 Å². The van der Waals surface area contributed by atoms with Gasteiger partial charge in [0.05, 0.1) is 17.5 Å². The van der Waals surface area contributed by atoms with E-state index in [1.54, 1.807) is 17.1 Å². The molecule has 0 bridgehead atoms. The Hall–Kier alpha value is -1.98. The molecule has 6 heteroatoms. The highest BCUT2D eigenvalue weighted by Gasteiger charge is 2.09. The highest BCUT2D eigenvalue weighted by Crippen LogP contribution is 2.12. The molecule has 0 aromatic carbocycles. The largest absolute Gasteiger partial charge is 0.304 e. The zero-order chi connectivity index (χ0) is 11.7. The van der Waals surface area contributed by atoms with Crippen molar-refractivity contribution in [1.29, 1.82) is 0 Å². The molecule has 1 N–H and O–H groups in total. The molecule has 5 nitrogen and oxygen atoms in total. The first-order chi connectivity index (χ1) is 7.61. The molecule has 84 valence electrons. The van der Waals surface area contributed by atoms with Gasteiger partial charge in [0, 0.05) is 12.7 Å². The fraction of sp³-hybridized carbons (Fsp3) is 0.300. The number of aryl methyl sites for hydroxylation is 2. The third-order valence-corrected chi connectivity index (χ3v) is 2.26. The van der Waals surface area contributed by atoms with Crippen LogP contribution in [-0.4, -0.2) is 19.7 Å². The smallest absolute Gasteiger partial charge is 0.287 e. The lowest BCUT2D eigenvalue weighted by Crippen LogP contribution is -2.15. The molecule has 16 heavy (non-hydrogen) atoms. The number of nitrogens with zero attached hydrogens (tertiary/aromatic N) is 3. The van der Waals surface area contributed by atoms with Crippen molar-refractivity contribution in [3.05, 3.63) is 34.3 Å². The van der Waals surface area contributed by atoms with Gasteiger partial charge in [-0.25, -0.2) is 4.98 Å². The summed E-state index contributed by atoms with van der Waals surface area (Å²) in [6, 6.07) is 0. The average molecular weight is 222 g/mol. The summed E-state index contributed by atoms with van der Waals surface area (Å²) < 4.78 is 14.8. The Kier molecular flexibility index (Phi) is 2.55. The molecular formula is C10H11FN4O. The molecule has 0 saturated carbocycles. The summed E-state index contributed by atoms with van der Waals surface area (Å²) >= 11 is 0. The Labute approximate surface area is 91.0 Å². The topological polar surface area (TPSA) is 63.6 Å². The second-order valence-electron chi connectivity index (χ2n) is 3.40. The molecular weight excluding hydrogens is 211 g/mol. The van der Waals surface area contributed by atoms with Crippen molar-refractivity contribution in [2.45, 2.75) is 20.4 Å². The van der Waals surface area contributed by atoms with Crippen LogP contribution in [0.3, 0.4) is 0 Å². The van der Waals surface area contributed by atoms with Crippen molar-refractivity contribution < 1.29 is 4.39 Å². The van der Waals surface area contributed by atoms with Gasteiger partial charge in [0.25, 0.3) is 5.56 Å². The summed E-state index contributed by atoms with van der Waals surface area (Å²) in [5.41, 5.74) is -0.00297. The maximum absolute atomic E-state index is 13.1. The Morgan fingerprint density at radius 2 is 2.31 bits per heavy atom. The summed E-state index contributed by atoms with van der Waals surface area (Å²) in [7, 11) is 0. The van der Waals surface area contributed by atoms with E-state index in [4.69, 9.17) is 0 Å². The van der Waals surface area contributed by atoms with Crippen LogP contribution in [0, 0.1) is 12.7 Å². The molecule has 2 aromatic heterocycles. The van der Waals surface area contributed by atoms with Gasteiger partial charge < -0.3 is 4.98 Å². The van der Waals surface area contributed by atoms with Crippen LogP contribution in [0.1, 0.15) is 12.6 Å². The first kappa shape index (κ1) is 10.5. The zero-order valence-corrected chi connectivity index (χ0v) is 8.99. The minimum atomic E-state index is -0.841. The maximum Gasteiger partial charge on any atom is 0.287 e. The van der Waals surface area contributed by atoms with Gasteiger partial charge >= 0.3 is 0 Å². The fourth-order valence-electron chi connectivity index (χ4n) is 1.37. The highest BCUT2D eigenvalue weighted by atomic mass is 19.1. The van der Waals surface area contributed by atoms with E-state index in [2.05, 4.69) is 15.1 Å². The van der Waals surface area contributed by atoms with Gasteiger partial charge in [-0.2, -0.15) is 9.49 Å². The molecule has 2 heterocycles. The second kappa shape index (κ2) is 3.88. The van der Waals surface area contributed by atoms with Crippen LogP contribution >= 0.6 is 0 Å². The van der Waals surface area contributed by atoms with Crippen LogP contribution < -0.4 is 5.56 Å². The molecule has 0 spiro atoms. The molecule has 0 amide bonds. The summed E-state index contributed by atoms with van der Waals surface area (Å²) in [4.78, 5) is 17.6. The molecule has 0 aliphatic heterocycles. The van der Waals surface area contributed by atoms with E-state index in [0.29, 0.717) is 11.4 Å². The summed E-state index contributed by atoms with van der Waals surface area (Å²) in [5, 5.41) is 4.05. The van der Waals surface area contributed by atoms with E-state index < -0.39 is 11.4 Å². The first-order valence-electron chi connectivity index (χ1n) is 4.91. The van der Waals surface area contributed by atoms with Crippen LogP contribution in [0.15, 0.2) is 17.2 Å². The van der Waals surface area contributed by atoms with Crippen molar-refractivity contribution in [3.63, 3.8) is 0 Å². The van der Waals surface area contributed by atoms with Gasteiger partial charge in [-0.15, -0.1) is 0 Å². The quantitative estimate of drug-likeness (QED) is 0.827. The Morgan fingerprint density at radius 1 is 1.56 bits per heavy atom. The van der Waals surface area contributed by atoms with E-state index >= 15 is 0 Å². The van der Waals surface area contributed by atoms with Crippen molar-refractivity contribution >= 4 is 0 Å². The third-order valence-electron chi connectivity index (χ3n) is 2.26. The van der Waals surface area contributed by atoms with Gasteiger partial charge in [0.2, 0.25) is 5.82 Å². The predicted molar refractivity (Wildman–Crippen MR) is 56.4 cm³/mol. The number of hydrogen-bond donors (Lipinski definition) is 1. The number of nitrogens with one attached hydrogen (secondary N) is 1. The van der Waals surface area contributed by atoms with Crippen molar-refractivity contribution in [1.82, 2.24) is 19.7 Å². The van der Waals surface area contributed by atoms with Crippen LogP contribution in [0.5, 0.6) is 0 Å². The third kappa shape index (κ3) is 1.73. The molecule has 0 radical (unpaired) electrons.